The number of aromatic nitrogens is 2. The van der Waals surface area contributed by atoms with Gasteiger partial charge in [0.1, 0.15) is 0 Å². The lowest BCUT2D eigenvalue weighted by atomic mass is 10.2. The molecule has 1 heterocycles. The summed E-state index contributed by atoms with van der Waals surface area (Å²) in [5, 5.41) is 10.6. The van der Waals surface area contributed by atoms with Crippen molar-refractivity contribution in [3.63, 3.8) is 0 Å². The Bertz CT molecular complexity index is 651. The first kappa shape index (κ1) is 13.2. The third-order valence-electron chi connectivity index (χ3n) is 2.26. The van der Waals surface area contributed by atoms with Crippen molar-refractivity contribution in [3.05, 3.63) is 51.2 Å². The number of halogens is 2. The van der Waals surface area contributed by atoms with Gasteiger partial charge in [-0.05, 0) is 24.6 Å². The maximum Gasteiger partial charge on any atom is 0.275 e. The summed E-state index contributed by atoms with van der Waals surface area (Å²) in [4.78, 5) is 17.4. The standard InChI is InChI=1S/C11H7ClFN3O3/c1-6-4-9(7(13)5-8(6)16(17)18)19-10-2-3-14-11(12)15-10/h2-5H,1H3. The molecule has 0 saturated carbocycles. The predicted octanol–water partition coefficient (Wildman–Crippen LogP) is 3.28. The van der Waals surface area contributed by atoms with Gasteiger partial charge in [-0.2, -0.15) is 4.98 Å². The average Bonchev–Trinajstić information content (AvgIpc) is 2.33. The lowest BCUT2D eigenvalue weighted by molar-refractivity contribution is -0.385. The second-order valence-corrected chi connectivity index (χ2v) is 3.93. The Balaban J connectivity index is 2.36. The molecular weight excluding hydrogens is 277 g/mol. The van der Waals surface area contributed by atoms with Crippen LogP contribution in [0.2, 0.25) is 5.28 Å². The molecule has 0 aliphatic carbocycles. The van der Waals surface area contributed by atoms with Gasteiger partial charge in [0.2, 0.25) is 11.2 Å². The van der Waals surface area contributed by atoms with Crippen LogP contribution < -0.4 is 4.74 Å². The molecule has 0 bridgehead atoms. The van der Waals surface area contributed by atoms with Crippen LogP contribution >= 0.6 is 11.6 Å². The predicted molar refractivity (Wildman–Crippen MR) is 64.9 cm³/mol. The molecule has 0 radical (unpaired) electrons. The summed E-state index contributed by atoms with van der Waals surface area (Å²) in [6, 6.07) is 3.42. The first-order valence-electron chi connectivity index (χ1n) is 5.08. The minimum atomic E-state index is -0.855. The van der Waals surface area contributed by atoms with E-state index in [2.05, 4.69) is 9.97 Å². The van der Waals surface area contributed by atoms with Gasteiger partial charge < -0.3 is 4.74 Å². The molecule has 0 amide bonds. The lowest BCUT2D eigenvalue weighted by Gasteiger charge is -2.07. The zero-order valence-corrected chi connectivity index (χ0v) is 10.4. The van der Waals surface area contributed by atoms with Crippen LogP contribution in [0.5, 0.6) is 11.6 Å². The van der Waals surface area contributed by atoms with Gasteiger partial charge in [0.05, 0.1) is 11.0 Å². The van der Waals surface area contributed by atoms with Gasteiger partial charge in [-0.15, -0.1) is 0 Å². The second kappa shape index (κ2) is 5.15. The fourth-order valence-corrected chi connectivity index (χ4v) is 1.55. The maximum atomic E-state index is 13.7. The van der Waals surface area contributed by atoms with Crippen molar-refractivity contribution in [2.75, 3.05) is 0 Å². The number of hydrogen-bond acceptors (Lipinski definition) is 5. The van der Waals surface area contributed by atoms with Gasteiger partial charge in [0.25, 0.3) is 5.69 Å². The first-order chi connectivity index (χ1) is 8.97. The monoisotopic (exact) mass is 283 g/mol. The summed E-state index contributed by atoms with van der Waals surface area (Å²) in [6.07, 6.45) is 1.35. The highest BCUT2D eigenvalue weighted by molar-refractivity contribution is 6.28. The molecule has 0 aliphatic rings. The van der Waals surface area contributed by atoms with E-state index in [9.17, 15) is 14.5 Å². The van der Waals surface area contributed by atoms with Crippen LogP contribution in [0, 0.1) is 22.9 Å². The third-order valence-corrected chi connectivity index (χ3v) is 2.44. The minimum Gasteiger partial charge on any atom is -0.436 e. The highest BCUT2D eigenvalue weighted by Crippen LogP contribution is 2.29. The summed E-state index contributed by atoms with van der Waals surface area (Å²) in [7, 11) is 0. The number of nitrogens with zero attached hydrogens (tertiary/aromatic N) is 3. The highest BCUT2D eigenvalue weighted by Gasteiger charge is 2.17. The lowest BCUT2D eigenvalue weighted by Crippen LogP contribution is -1.97. The van der Waals surface area contributed by atoms with Gasteiger partial charge in [-0.3, -0.25) is 10.1 Å². The third kappa shape index (κ3) is 2.94. The largest absolute Gasteiger partial charge is 0.436 e. The maximum absolute atomic E-state index is 13.7. The number of nitro groups is 1. The topological polar surface area (TPSA) is 78.2 Å². The molecule has 0 fully saturated rings. The van der Waals surface area contributed by atoms with E-state index in [1.807, 2.05) is 0 Å². The van der Waals surface area contributed by atoms with Crippen LogP contribution in [0.25, 0.3) is 0 Å². The SMILES string of the molecule is Cc1cc(Oc2ccnc(Cl)n2)c(F)cc1[N+](=O)[O-]. The molecule has 2 aromatic rings. The summed E-state index contributed by atoms with van der Waals surface area (Å²) in [5.41, 5.74) is -0.0351. The van der Waals surface area contributed by atoms with Crippen LogP contribution in [0.15, 0.2) is 24.4 Å². The van der Waals surface area contributed by atoms with E-state index in [0.717, 1.165) is 6.07 Å². The summed E-state index contributed by atoms with van der Waals surface area (Å²) >= 11 is 5.56. The second-order valence-electron chi connectivity index (χ2n) is 3.59. The van der Waals surface area contributed by atoms with Gasteiger partial charge >= 0.3 is 0 Å². The van der Waals surface area contributed by atoms with E-state index < -0.39 is 10.7 Å². The number of nitro benzene ring substituents is 1. The highest BCUT2D eigenvalue weighted by atomic mass is 35.5. The normalized spacial score (nSPS) is 10.3. The number of ether oxygens (including phenoxy) is 1. The minimum absolute atomic E-state index is 0.0449. The van der Waals surface area contributed by atoms with Crippen molar-refractivity contribution in [3.8, 4) is 11.6 Å². The van der Waals surface area contributed by atoms with Crippen LogP contribution in [0.3, 0.4) is 0 Å². The van der Waals surface area contributed by atoms with Crippen molar-refractivity contribution in [1.82, 2.24) is 9.97 Å². The molecule has 0 atom stereocenters. The van der Waals surface area contributed by atoms with E-state index >= 15 is 0 Å². The van der Waals surface area contributed by atoms with Crippen molar-refractivity contribution in [2.45, 2.75) is 6.92 Å². The number of rotatable bonds is 3. The quantitative estimate of drug-likeness (QED) is 0.491. The Hall–Kier alpha value is -2.28. The molecule has 0 spiro atoms. The molecule has 8 heteroatoms. The molecule has 0 saturated heterocycles. The van der Waals surface area contributed by atoms with Gasteiger partial charge in [0, 0.05) is 17.8 Å². The summed E-state index contributed by atoms with van der Waals surface area (Å²) in [5.74, 6) is -0.975. The zero-order valence-electron chi connectivity index (χ0n) is 9.63. The number of hydrogen-bond donors (Lipinski definition) is 0. The molecule has 1 aromatic carbocycles. The first-order valence-corrected chi connectivity index (χ1v) is 5.46. The van der Waals surface area contributed by atoms with E-state index in [4.69, 9.17) is 16.3 Å². The van der Waals surface area contributed by atoms with Gasteiger partial charge in [0.15, 0.2) is 11.6 Å². The number of aryl methyl sites for hydroxylation is 1. The molecular formula is C11H7ClFN3O3. The fraction of sp³-hybridized carbons (Fsp3) is 0.0909. The molecule has 19 heavy (non-hydrogen) atoms. The Morgan fingerprint density at radius 2 is 2.21 bits per heavy atom. The van der Waals surface area contributed by atoms with Gasteiger partial charge in [-0.1, -0.05) is 0 Å². The van der Waals surface area contributed by atoms with Crippen LogP contribution in [0.1, 0.15) is 5.56 Å². The Kier molecular flexibility index (Phi) is 3.57. The average molecular weight is 284 g/mol. The van der Waals surface area contributed by atoms with Crippen molar-refractivity contribution < 1.29 is 14.1 Å². The Morgan fingerprint density at radius 3 is 2.84 bits per heavy atom. The molecule has 6 nitrogen and oxygen atoms in total. The van der Waals surface area contributed by atoms with E-state index in [-0.39, 0.29) is 28.2 Å². The summed E-state index contributed by atoms with van der Waals surface area (Å²) < 4.78 is 18.8. The molecule has 1 aromatic heterocycles. The van der Waals surface area contributed by atoms with Gasteiger partial charge in [-0.25, -0.2) is 9.37 Å². The molecule has 0 unspecified atom stereocenters. The van der Waals surface area contributed by atoms with Crippen LogP contribution in [0.4, 0.5) is 10.1 Å². The Morgan fingerprint density at radius 1 is 1.47 bits per heavy atom. The molecule has 2 rings (SSSR count). The zero-order chi connectivity index (χ0) is 14.0. The van der Waals surface area contributed by atoms with Crippen LogP contribution in [-0.4, -0.2) is 14.9 Å². The Labute approximate surface area is 112 Å². The van der Waals surface area contributed by atoms with Crippen molar-refractivity contribution in [2.24, 2.45) is 0 Å². The van der Waals surface area contributed by atoms with E-state index in [1.165, 1.54) is 25.3 Å². The van der Waals surface area contributed by atoms with E-state index in [1.54, 1.807) is 0 Å². The van der Waals surface area contributed by atoms with E-state index in [0.29, 0.717) is 0 Å². The molecule has 0 N–H and O–H groups in total. The molecule has 0 aliphatic heterocycles. The molecule has 98 valence electrons. The number of benzene rings is 1. The smallest absolute Gasteiger partial charge is 0.275 e. The summed E-state index contributed by atoms with van der Waals surface area (Å²) in [6.45, 7) is 1.48. The van der Waals surface area contributed by atoms with Crippen molar-refractivity contribution >= 4 is 17.3 Å². The fourth-order valence-electron chi connectivity index (χ4n) is 1.41. The van der Waals surface area contributed by atoms with Crippen LogP contribution in [-0.2, 0) is 0 Å². The van der Waals surface area contributed by atoms with Crippen molar-refractivity contribution in [1.29, 1.82) is 0 Å².